The minimum Gasteiger partial charge on any atom is -0.497 e. The molecule has 21 heavy (non-hydrogen) atoms. The van der Waals surface area contributed by atoms with Crippen molar-refractivity contribution in [2.24, 2.45) is 0 Å². The number of nitrogens with zero attached hydrogens (tertiary/aromatic N) is 1. The zero-order valence-electron chi connectivity index (χ0n) is 12.3. The summed E-state index contributed by atoms with van der Waals surface area (Å²) in [5, 5.41) is 9.27. The van der Waals surface area contributed by atoms with Crippen molar-refractivity contribution in [3.05, 3.63) is 41.7 Å². The van der Waals surface area contributed by atoms with Gasteiger partial charge in [0.1, 0.15) is 11.5 Å². The minimum atomic E-state index is -0.314. The molecular weight excluding hydrogens is 270 g/mol. The highest BCUT2D eigenvalue weighted by Gasteiger charge is 2.14. The van der Waals surface area contributed by atoms with Crippen molar-refractivity contribution in [3.8, 4) is 5.75 Å². The third-order valence-corrected chi connectivity index (χ3v) is 3.10. The van der Waals surface area contributed by atoms with Gasteiger partial charge in [-0.15, -0.1) is 0 Å². The number of carbonyl (C=O) groups excluding carboxylic acids is 1. The van der Waals surface area contributed by atoms with Crippen molar-refractivity contribution < 1.29 is 14.1 Å². The molecular formula is C15H19N3O3. The van der Waals surface area contributed by atoms with Gasteiger partial charge in [0.05, 0.1) is 13.2 Å². The fourth-order valence-corrected chi connectivity index (χ4v) is 1.99. The van der Waals surface area contributed by atoms with Gasteiger partial charge >= 0.3 is 6.03 Å². The van der Waals surface area contributed by atoms with Crippen LogP contribution in [0, 0.1) is 6.92 Å². The lowest BCUT2D eigenvalue weighted by molar-refractivity contribution is 0.248. The van der Waals surface area contributed by atoms with Crippen LogP contribution in [-0.4, -0.2) is 18.3 Å². The van der Waals surface area contributed by atoms with E-state index in [2.05, 4.69) is 15.8 Å². The zero-order valence-corrected chi connectivity index (χ0v) is 12.3. The number of aromatic nitrogens is 1. The van der Waals surface area contributed by atoms with Crippen LogP contribution >= 0.6 is 0 Å². The molecule has 0 spiro atoms. The molecule has 1 atom stereocenters. The summed E-state index contributed by atoms with van der Waals surface area (Å²) in [6.45, 7) is 3.78. The van der Waals surface area contributed by atoms with E-state index in [-0.39, 0.29) is 12.1 Å². The normalized spacial score (nSPS) is 11.8. The second kappa shape index (κ2) is 6.78. The number of hydrogen-bond donors (Lipinski definition) is 2. The minimum absolute atomic E-state index is 0.0797. The topological polar surface area (TPSA) is 76.4 Å². The number of carbonyl (C=O) groups is 1. The molecule has 6 heteroatoms. The van der Waals surface area contributed by atoms with E-state index in [1.165, 1.54) is 0 Å². The first-order valence-electron chi connectivity index (χ1n) is 6.77. The van der Waals surface area contributed by atoms with E-state index >= 15 is 0 Å². The maximum absolute atomic E-state index is 12.0. The van der Waals surface area contributed by atoms with Gasteiger partial charge in [-0.2, -0.15) is 0 Å². The van der Waals surface area contributed by atoms with Gasteiger partial charge in [0.15, 0.2) is 5.82 Å². The summed E-state index contributed by atoms with van der Waals surface area (Å²) < 4.78 is 10.0. The van der Waals surface area contributed by atoms with Crippen LogP contribution in [0.2, 0.25) is 0 Å². The van der Waals surface area contributed by atoms with Crippen LogP contribution in [0.4, 0.5) is 10.6 Å². The summed E-state index contributed by atoms with van der Waals surface area (Å²) in [5.41, 5.74) is 1.02. The summed E-state index contributed by atoms with van der Waals surface area (Å²) in [6, 6.07) is 8.89. The van der Waals surface area contributed by atoms with Crippen LogP contribution in [0.15, 0.2) is 34.9 Å². The molecule has 1 unspecified atom stereocenters. The molecule has 0 saturated carbocycles. The fraction of sp³-hybridized carbons (Fsp3) is 0.333. The van der Waals surface area contributed by atoms with Gasteiger partial charge in [-0.25, -0.2) is 4.79 Å². The maximum atomic E-state index is 12.0. The Hall–Kier alpha value is -2.50. The van der Waals surface area contributed by atoms with Gasteiger partial charge in [-0.3, -0.25) is 5.32 Å². The molecule has 0 saturated heterocycles. The van der Waals surface area contributed by atoms with Crippen LogP contribution in [0.1, 0.15) is 30.7 Å². The van der Waals surface area contributed by atoms with E-state index < -0.39 is 0 Å². The lowest BCUT2D eigenvalue weighted by Crippen LogP contribution is -2.32. The second-order valence-electron chi connectivity index (χ2n) is 4.66. The van der Waals surface area contributed by atoms with Crippen molar-refractivity contribution >= 4 is 11.8 Å². The second-order valence-corrected chi connectivity index (χ2v) is 4.66. The number of rotatable bonds is 5. The predicted octanol–water partition coefficient (Wildman–Crippen LogP) is 3.26. The Morgan fingerprint density at radius 2 is 2.10 bits per heavy atom. The maximum Gasteiger partial charge on any atom is 0.320 e. The zero-order chi connectivity index (χ0) is 15.2. The summed E-state index contributed by atoms with van der Waals surface area (Å²) in [4.78, 5) is 12.0. The molecule has 2 N–H and O–H groups in total. The number of aryl methyl sites for hydroxylation is 1. The highest BCUT2D eigenvalue weighted by atomic mass is 16.5. The Morgan fingerprint density at radius 1 is 1.38 bits per heavy atom. The number of methoxy groups -OCH3 is 1. The van der Waals surface area contributed by atoms with Crippen LogP contribution in [0.25, 0.3) is 0 Å². The van der Waals surface area contributed by atoms with Gasteiger partial charge in [0.2, 0.25) is 0 Å². The van der Waals surface area contributed by atoms with E-state index in [1.807, 2.05) is 31.2 Å². The highest BCUT2D eigenvalue weighted by molar-refractivity contribution is 5.88. The molecule has 2 amide bonds. The van der Waals surface area contributed by atoms with Crippen LogP contribution in [0.3, 0.4) is 0 Å². The van der Waals surface area contributed by atoms with Crippen LogP contribution in [-0.2, 0) is 0 Å². The van der Waals surface area contributed by atoms with Crippen molar-refractivity contribution in [3.63, 3.8) is 0 Å². The number of amides is 2. The third kappa shape index (κ3) is 3.98. The first kappa shape index (κ1) is 14.9. The SMILES string of the molecule is CCC(NC(=O)Nc1cc(C)on1)c1ccc(OC)cc1. The van der Waals surface area contributed by atoms with E-state index in [0.29, 0.717) is 11.6 Å². The molecule has 0 aliphatic rings. The van der Waals surface area contributed by atoms with Gasteiger partial charge in [-0.05, 0) is 31.0 Å². The molecule has 1 aromatic heterocycles. The van der Waals surface area contributed by atoms with E-state index in [4.69, 9.17) is 9.26 Å². The molecule has 112 valence electrons. The monoisotopic (exact) mass is 289 g/mol. The largest absolute Gasteiger partial charge is 0.497 e. The molecule has 0 fully saturated rings. The Bertz CT molecular complexity index is 592. The van der Waals surface area contributed by atoms with E-state index in [1.54, 1.807) is 20.1 Å². The molecule has 2 rings (SSSR count). The Labute approximate surface area is 123 Å². The summed E-state index contributed by atoms with van der Waals surface area (Å²) in [7, 11) is 1.62. The van der Waals surface area contributed by atoms with Gasteiger partial charge < -0.3 is 14.6 Å². The molecule has 0 radical (unpaired) electrons. The van der Waals surface area contributed by atoms with Crippen molar-refractivity contribution in [1.29, 1.82) is 0 Å². The molecule has 6 nitrogen and oxygen atoms in total. The summed E-state index contributed by atoms with van der Waals surface area (Å²) >= 11 is 0. The smallest absolute Gasteiger partial charge is 0.320 e. The van der Waals surface area contributed by atoms with Gasteiger partial charge in [0, 0.05) is 6.07 Å². The van der Waals surface area contributed by atoms with Crippen molar-refractivity contribution in [2.45, 2.75) is 26.3 Å². The molecule has 0 aliphatic carbocycles. The lowest BCUT2D eigenvalue weighted by atomic mass is 10.0. The number of ether oxygens (including phenoxy) is 1. The molecule has 1 heterocycles. The quantitative estimate of drug-likeness (QED) is 0.885. The third-order valence-electron chi connectivity index (χ3n) is 3.10. The molecule has 2 aromatic rings. The average molecular weight is 289 g/mol. The van der Waals surface area contributed by atoms with Crippen molar-refractivity contribution in [1.82, 2.24) is 10.5 Å². The summed E-state index contributed by atoms with van der Waals surface area (Å²) in [6.07, 6.45) is 0.775. The molecule has 1 aromatic carbocycles. The predicted molar refractivity (Wildman–Crippen MR) is 79.4 cm³/mol. The van der Waals surface area contributed by atoms with Gasteiger partial charge in [-0.1, -0.05) is 24.2 Å². The molecule has 0 bridgehead atoms. The summed E-state index contributed by atoms with van der Waals surface area (Å²) in [5.74, 6) is 1.83. The standard InChI is InChI=1S/C15H19N3O3/c1-4-13(11-5-7-12(20-3)8-6-11)16-15(19)17-14-9-10(2)21-18-14/h5-9,13H,4H2,1-3H3,(H2,16,17,18,19). The fourth-order valence-electron chi connectivity index (χ4n) is 1.99. The molecule has 0 aliphatic heterocycles. The number of anilines is 1. The van der Waals surface area contributed by atoms with Crippen LogP contribution < -0.4 is 15.4 Å². The first-order valence-corrected chi connectivity index (χ1v) is 6.77. The van der Waals surface area contributed by atoms with Crippen LogP contribution in [0.5, 0.6) is 5.75 Å². The van der Waals surface area contributed by atoms with E-state index in [0.717, 1.165) is 17.7 Å². The number of nitrogens with one attached hydrogen (secondary N) is 2. The Kier molecular flexibility index (Phi) is 4.81. The van der Waals surface area contributed by atoms with Crippen molar-refractivity contribution in [2.75, 3.05) is 12.4 Å². The lowest BCUT2D eigenvalue weighted by Gasteiger charge is -2.17. The number of urea groups is 1. The first-order chi connectivity index (χ1) is 10.1. The van der Waals surface area contributed by atoms with Gasteiger partial charge in [0.25, 0.3) is 0 Å². The Morgan fingerprint density at radius 3 is 2.62 bits per heavy atom. The average Bonchev–Trinajstić information content (AvgIpc) is 2.90. The highest BCUT2D eigenvalue weighted by Crippen LogP contribution is 2.20. The van der Waals surface area contributed by atoms with E-state index in [9.17, 15) is 4.79 Å². The number of benzene rings is 1. The Balaban J connectivity index is 1.98. The number of hydrogen-bond acceptors (Lipinski definition) is 4.